The molecule has 3 atom stereocenters. The minimum absolute atomic E-state index is 0.296. The summed E-state index contributed by atoms with van der Waals surface area (Å²) in [4.78, 5) is 13.4. The van der Waals surface area contributed by atoms with Crippen LogP contribution in [-0.4, -0.2) is 44.7 Å². The molecule has 8 heteroatoms. The second-order valence-corrected chi connectivity index (χ2v) is 7.27. The van der Waals surface area contributed by atoms with E-state index in [4.69, 9.17) is 16.3 Å². The van der Waals surface area contributed by atoms with Crippen LogP contribution in [0.2, 0.25) is 5.28 Å². The lowest BCUT2D eigenvalue weighted by atomic mass is 10.2. The number of rotatable bonds is 2. The van der Waals surface area contributed by atoms with Crippen molar-refractivity contribution >= 4 is 40.5 Å². The van der Waals surface area contributed by atoms with E-state index in [9.17, 15) is 0 Å². The second kappa shape index (κ2) is 4.81. The normalized spacial score (nSPS) is 32.0. The Bertz CT molecular complexity index is 707. The molecule has 0 spiro atoms. The monoisotopic (exact) mass is 326 g/mol. The number of imidazole rings is 1. The van der Waals surface area contributed by atoms with Gasteiger partial charge in [0, 0.05) is 12.5 Å². The first-order valence-corrected chi connectivity index (χ1v) is 8.40. The Balaban J connectivity index is 1.89. The molecule has 21 heavy (non-hydrogen) atoms. The molecule has 2 fully saturated rings. The van der Waals surface area contributed by atoms with Crippen LogP contribution in [0, 0.1) is 5.92 Å². The molecule has 2 aromatic rings. The molecule has 2 aromatic heterocycles. The molecule has 112 valence electrons. The van der Waals surface area contributed by atoms with Crippen LogP contribution in [0.5, 0.6) is 0 Å². The molecule has 2 unspecified atom stereocenters. The van der Waals surface area contributed by atoms with Gasteiger partial charge >= 0.3 is 0 Å². The summed E-state index contributed by atoms with van der Waals surface area (Å²) in [6.07, 6.45) is 1.82. The third-order valence-corrected chi connectivity index (χ3v) is 6.17. The van der Waals surface area contributed by atoms with Gasteiger partial charge in [-0.25, -0.2) is 4.98 Å². The van der Waals surface area contributed by atoms with E-state index in [0.29, 0.717) is 16.6 Å². The molecule has 0 N–H and O–H groups in total. The number of ether oxygens (including phenoxy) is 1. The van der Waals surface area contributed by atoms with Gasteiger partial charge in [-0.15, -0.1) is 0 Å². The molecule has 0 saturated carbocycles. The van der Waals surface area contributed by atoms with E-state index in [2.05, 4.69) is 28.8 Å². The lowest BCUT2D eigenvalue weighted by Gasteiger charge is -2.14. The van der Waals surface area contributed by atoms with Crippen LogP contribution in [0.25, 0.3) is 11.2 Å². The standard InChI is InChI=1S/C13H17ClN5OS/c1-3-18-7-15-9-10(18)16-13(14)17-11(9)19-4-5-20-6-8(2)12(19)21-19/h7-8,12H,3-6H2,1-2H3/q+1/t8-,12?,19?/m0/s1. The van der Waals surface area contributed by atoms with E-state index < -0.39 is 0 Å². The van der Waals surface area contributed by atoms with Crippen LogP contribution >= 0.6 is 23.5 Å². The Hall–Kier alpha value is -0.890. The van der Waals surface area contributed by atoms with Crippen molar-refractivity contribution in [1.82, 2.24) is 23.4 Å². The molecule has 0 amide bonds. The highest BCUT2D eigenvalue weighted by Crippen LogP contribution is 2.58. The molecular formula is C13H17ClN5OS+. The van der Waals surface area contributed by atoms with Gasteiger partial charge in [-0.05, 0) is 18.5 Å². The highest BCUT2D eigenvalue weighted by atomic mass is 35.5. The SMILES string of the molecule is CCn1cnc2c([N+]34CCOC[C@H](C)C3S4)nc(Cl)nc21. The minimum Gasteiger partial charge on any atom is -0.375 e. The summed E-state index contributed by atoms with van der Waals surface area (Å²) in [7, 11) is 0. The second-order valence-electron chi connectivity index (χ2n) is 5.59. The molecule has 0 bridgehead atoms. The molecule has 2 aliphatic heterocycles. The largest absolute Gasteiger partial charge is 0.375 e. The van der Waals surface area contributed by atoms with Crippen LogP contribution < -0.4 is 3.89 Å². The van der Waals surface area contributed by atoms with Crippen LogP contribution in [0.4, 0.5) is 5.82 Å². The van der Waals surface area contributed by atoms with E-state index >= 15 is 0 Å². The molecule has 0 aliphatic carbocycles. The number of quaternary nitrogens is 1. The molecular weight excluding hydrogens is 310 g/mol. The first-order valence-electron chi connectivity index (χ1n) is 7.18. The van der Waals surface area contributed by atoms with E-state index in [1.807, 2.05) is 22.8 Å². The number of aryl methyl sites for hydroxylation is 1. The number of hydrogen-bond acceptors (Lipinski definition) is 5. The zero-order valence-electron chi connectivity index (χ0n) is 12.0. The molecule has 6 nitrogen and oxygen atoms in total. The number of fused-ring (bicyclic) bond motifs is 2. The molecule has 0 aromatic carbocycles. The van der Waals surface area contributed by atoms with Crippen molar-refractivity contribution < 1.29 is 4.74 Å². The summed E-state index contributed by atoms with van der Waals surface area (Å²) in [6, 6.07) is 0. The number of nitrogens with zero attached hydrogens (tertiary/aromatic N) is 5. The molecule has 2 aliphatic rings. The average molecular weight is 327 g/mol. The fraction of sp³-hybridized carbons (Fsp3) is 0.615. The van der Waals surface area contributed by atoms with E-state index in [-0.39, 0.29) is 0 Å². The maximum absolute atomic E-state index is 6.17. The van der Waals surface area contributed by atoms with Crippen LogP contribution in [0.1, 0.15) is 13.8 Å². The smallest absolute Gasteiger partial charge is 0.273 e. The van der Waals surface area contributed by atoms with Gasteiger partial charge in [0.25, 0.3) is 5.82 Å². The zero-order valence-corrected chi connectivity index (χ0v) is 13.6. The Kier molecular flexibility index (Phi) is 3.15. The Morgan fingerprint density at radius 1 is 1.52 bits per heavy atom. The molecule has 4 heterocycles. The number of aromatic nitrogens is 4. The Labute approximate surface area is 132 Å². The Morgan fingerprint density at radius 2 is 2.38 bits per heavy atom. The third-order valence-electron chi connectivity index (χ3n) is 4.21. The van der Waals surface area contributed by atoms with Gasteiger partial charge < -0.3 is 9.30 Å². The number of hydrogen-bond donors (Lipinski definition) is 0. The summed E-state index contributed by atoms with van der Waals surface area (Å²) >= 11 is 8.09. The lowest BCUT2D eigenvalue weighted by molar-refractivity contribution is 0.126. The van der Waals surface area contributed by atoms with Crippen molar-refractivity contribution in [2.24, 2.45) is 5.92 Å². The summed E-state index contributed by atoms with van der Waals surface area (Å²) in [5.41, 5.74) is 1.69. The Morgan fingerprint density at radius 3 is 3.19 bits per heavy atom. The fourth-order valence-corrected chi connectivity index (χ4v) is 4.68. The van der Waals surface area contributed by atoms with Gasteiger partial charge in [-0.1, -0.05) is 6.92 Å². The predicted octanol–water partition coefficient (Wildman–Crippen LogP) is 2.46. The maximum atomic E-state index is 6.17. The van der Waals surface area contributed by atoms with Crippen LogP contribution in [0.3, 0.4) is 0 Å². The molecule has 4 rings (SSSR count). The lowest BCUT2D eigenvalue weighted by Crippen LogP contribution is -2.33. The van der Waals surface area contributed by atoms with Crippen molar-refractivity contribution in [1.29, 1.82) is 0 Å². The highest BCUT2D eigenvalue weighted by molar-refractivity contribution is 8.06. The van der Waals surface area contributed by atoms with E-state index in [1.54, 1.807) is 0 Å². The summed E-state index contributed by atoms with van der Waals surface area (Å²) in [6.45, 7) is 7.57. The average Bonchev–Trinajstić information content (AvgIpc) is 3.10. The highest BCUT2D eigenvalue weighted by Gasteiger charge is 2.65. The van der Waals surface area contributed by atoms with Crippen LogP contribution in [0.15, 0.2) is 6.33 Å². The zero-order chi connectivity index (χ0) is 14.6. The van der Waals surface area contributed by atoms with Gasteiger partial charge in [0.2, 0.25) is 10.7 Å². The van der Waals surface area contributed by atoms with Crippen molar-refractivity contribution in [3.05, 3.63) is 11.6 Å². The summed E-state index contributed by atoms with van der Waals surface area (Å²) in [5.74, 6) is 1.43. The van der Waals surface area contributed by atoms with Crippen molar-refractivity contribution in [3.63, 3.8) is 0 Å². The quantitative estimate of drug-likeness (QED) is 0.367. The van der Waals surface area contributed by atoms with Gasteiger partial charge in [0.1, 0.15) is 6.54 Å². The van der Waals surface area contributed by atoms with Gasteiger partial charge in [0.05, 0.1) is 19.5 Å². The van der Waals surface area contributed by atoms with Gasteiger partial charge in [-0.3, -0.25) is 0 Å². The molecule has 0 radical (unpaired) electrons. The maximum Gasteiger partial charge on any atom is 0.273 e. The van der Waals surface area contributed by atoms with Crippen molar-refractivity contribution in [2.75, 3.05) is 19.8 Å². The van der Waals surface area contributed by atoms with Gasteiger partial charge in [0.15, 0.2) is 23.1 Å². The van der Waals surface area contributed by atoms with Crippen molar-refractivity contribution in [2.45, 2.75) is 25.8 Å². The van der Waals surface area contributed by atoms with Crippen LogP contribution in [-0.2, 0) is 11.3 Å². The third kappa shape index (κ3) is 1.98. The van der Waals surface area contributed by atoms with Crippen molar-refractivity contribution in [3.8, 4) is 0 Å². The fourth-order valence-electron chi connectivity index (χ4n) is 3.09. The summed E-state index contributed by atoms with van der Waals surface area (Å²) < 4.78 is 8.46. The molecule has 2 saturated heterocycles. The topological polar surface area (TPSA) is 52.8 Å². The van der Waals surface area contributed by atoms with Gasteiger partial charge in [-0.2, -0.15) is 13.9 Å². The summed E-state index contributed by atoms with van der Waals surface area (Å²) in [5, 5.41) is 0.776. The minimum atomic E-state index is 0.296. The first-order chi connectivity index (χ1) is 10.2. The van der Waals surface area contributed by atoms with E-state index in [0.717, 1.165) is 47.2 Å². The first kappa shape index (κ1) is 13.8. The number of halogens is 1. The predicted molar refractivity (Wildman–Crippen MR) is 84.0 cm³/mol. The van der Waals surface area contributed by atoms with E-state index in [1.165, 1.54) is 0 Å².